The molecule has 3 atom stereocenters. The standard InChI is InChI=1S/C18H24N4O2/c1-11-10-14(11)15-7-5-13(24-15)6-8-17(23)19-12(2)18-21-20-16-4-3-9-22(16)18/h5,7,11-12,14H,3-4,6,8-10H2,1-2H3,(H,19,23)/t11-,12-,14-/m0/s1. The number of carbonyl (C=O) groups is 1. The highest BCUT2D eigenvalue weighted by molar-refractivity contribution is 5.76. The minimum absolute atomic E-state index is 0.0237. The SMILES string of the molecule is C[C@H](NC(=O)CCc1ccc([C@H]2C[C@@H]2C)o1)c1nnc2n1CCC2. The molecule has 0 unspecified atom stereocenters. The Morgan fingerprint density at radius 1 is 1.46 bits per heavy atom. The van der Waals surface area contributed by atoms with Crippen LogP contribution in [0.2, 0.25) is 0 Å². The summed E-state index contributed by atoms with van der Waals surface area (Å²) in [5.74, 6) is 5.21. The van der Waals surface area contributed by atoms with Gasteiger partial charge in [-0.3, -0.25) is 4.79 Å². The number of hydrogen-bond acceptors (Lipinski definition) is 4. The number of carbonyl (C=O) groups excluding carboxylic acids is 1. The van der Waals surface area contributed by atoms with Gasteiger partial charge in [0.15, 0.2) is 5.82 Å². The molecule has 128 valence electrons. The summed E-state index contributed by atoms with van der Waals surface area (Å²) in [5.41, 5.74) is 0. The highest BCUT2D eigenvalue weighted by atomic mass is 16.3. The molecule has 1 amide bonds. The fraction of sp³-hybridized carbons (Fsp3) is 0.611. The number of nitrogens with one attached hydrogen (secondary N) is 1. The zero-order chi connectivity index (χ0) is 16.7. The molecule has 4 rings (SSSR count). The molecule has 1 aliphatic heterocycles. The zero-order valence-electron chi connectivity index (χ0n) is 14.3. The second-order valence-corrected chi connectivity index (χ2v) is 7.14. The maximum Gasteiger partial charge on any atom is 0.221 e. The summed E-state index contributed by atoms with van der Waals surface area (Å²) in [6.07, 6.45) is 4.37. The summed E-state index contributed by atoms with van der Waals surface area (Å²) < 4.78 is 7.99. The summed E-state index contributed by atoms with van der Waals surface area (Å²) in [6, 6.07) is 3.95. The average Bonchev–Trinajstić information content (AvgIpc) is 2.99. The van der Waals surface area contributed by atoms with E-state index >= 15 is 0 Å². The smallest absolute Gasteiger partial charge is 0.221 e. The first kappa shape index (κ1) is 15.4. The summed E-state index contributed by atoms with van der Waals surface area (Å²) in [4.78, 5) is 12.2. The topological polar surface area (TPSA) is 73.0 Å². The Kier molecular flexibility index (Phi) is 3.90. The molecule has 0 radical (unpaired) electrons. The molecule has 6 nitrogen and oxygen atoms in total. The van der Waals surface area contributed by atoms with Crippen molar-refractivity contribution in [3.63, 3.8) is 0 Å². The lowest BCUT2D eigenvalue weighted by Gasteiger charge is -2.13. The summed E-state index contributed by atoms with van der Waals surface area (Å²) in [6.45, 7) is 5.16. The maximum absolute atomic E-state index is 12.2. The van der Waals surface area contributed by atoms with Crippen LogP contribution >= 0.6 is 0 Å². The molecule has 0 aromatic carbocycles. The largest absolute Gasteiger partial charge is 0.466 e. The van der Waals surface area contributed by atoms with Gasteiger partial charge in [0.05, 0.1) is 6.04 Å². The third-order valence-electron chi connectivity index (χ3n) is 5.16. The van der Waals surface area contributed by atoms with Crippen LogP contribution in [0.4, 0.5) is 0 Å². The van der Waals surface area contributed by atoms with Crippen LogP contribution in [0.5, 0.6) is 0 Å². The number of fused-ring (bicyclic) bond motifs is 1. The van der Waals surface area contributed by atoms with Crippen LogP contribution in [0.1, 0.15) is 68.2 Å². The predicted octanol–water partition coefficient (Wildman–Crippen LogP) is 2.75. The van der Waals surface area contributed by atoms with E-state index in [0.717, 1.165) is 48.5 Å². The van der Waals surface area contributed by atoms with Gasteiger partial charge >= 0.3 is 0 Å². The molecule has 1 saturated carbocycles. The van der Waals surface area contributed by atoms with E-state index in [2.05, 4.69) is 33.1 Å². The van der Waals surface area contributed by atoms with Crippen molar-refractivity contribution >= 4 is 5.91 Å². The molecule has 0 spiro atoms. The molecule has 1 aliphatic carbocycles. The second-order valence-electron chi connectivity index (χ2n) is 7.14. The maximum atomic E-state index is 12.2. The van der Waals surface area contributed by atoms with Crippen molar-refractivity contribution in [3.8, 4) is 0 Å². The minimum atomic E-state index is -0.115. The van der Waals surface area contributed by atoms with E-state index < -0.39 is 0 Å². The lowest BCUT2D eigenvalue weighted by molar-refractivity contribution is -0.121. The van der Waals surface area contributed by atoms with E-state index in [1.807, 2.05) is 13.0 Å². The third-order valence-corrected chi connectivity index (χ3v) is 5.16. The van der Waals surface area contributed by atoms with Gasteiger partial charge in [0, 0.05) is 31.7 Å². The van der Waals surface area contributed by atoms with Crippen molar-refractivity contribution in [3.05, 3.63) is 35.3 Å². The lowest BCUT2D eigenvalue weighted by Crippen LogP contribution is -2.28. The number of rotatable bonds is 6. The van der Waals surface area contributed by atoms with Crippen LogP contribution in [0.25, 0.3) is 0 Å². The first-order valence-corrected chi connectivity index (χ1v) is 8.91. The number of aryl methyl sites for hydroxylation is 2. The van der Waals surface area contributed by atoms with Gasteiger partial charge in [-0.1, -0.05) is 6.92 Å². The normalized spacial score (nSPS) is 23.1. The highest BCUT2D eigenvalue weighted by Gasteiger charge is 2.36. The Morgan fingerprint density at radius 3 is 3.08 bits per heavy atom. The molecule has 1 N–H and O–H groups in total. The van der Waals surface area contributed by atoms with Crippen molar-refractivity contribution in [1.82, 2.24) is 20.1 Å². The van der Waals surface area contributed by atoms with Crippen LogP contribution in [0, 0.1) is 5.92 Å². The van der Waals surface area contributed by atoms with E-state index in [0.29, 0.717) is 18.8 Å². The molecule has 6 heteroatoms. The molecule has 24 heavy (non-hydrogen) atoms. The third kappa shape index (κ3) is 2.97. The van der Waals surface area contributed by atoms with Gasteiger partial charge in [-0.15, -0.1) is 10.2 Å². The number of nitrogens with zero attached hydrogens (tertiary/aromatic N) is 3. The van der Waals surface area contributed by atoms with Crippen molar-refractivity contribution < 1.29 is 9.21 Å². The van der Waals surface area contributed by atoms with Gasteiger partial charge in [0.1, 0.15) is 17.3 Å². The van der Waals surface area contributed by atoms with Crippen LogP contribution in [-0.2, 0) is 24.2 Å². The molecule has 2 aromatic rings. The van der Waals surface area contributed by atoms with Gasteiger partial charge in [-0.2, -0.15) is 0 Å². The van der Waals surface area contributed by atoms with Crippen molar-refractivity contribution in [2.24, 2.45) is 5.92 Å². The van der Waals surface area contributed by atoms with Gasteiger partial charge in [0.2, 0.25) is 5.91 Å². The van der Waals surface area contributed by atoms with E-state index in [-0.39, 0.29) is 11.9 Å². The fourth-order valence-corrected chi connectivity index (χ4v) is 3.55. The van der Waals surface area contributed by atoms with E-state index in [1.54, 1.807) is 0 Å². The summed E-state index contributed by atoms with van der Waals surface area (Å²) in [5, 5.41) is 11.4. The van der Waals surface area contributed by atoms with Crippen LogP contribution in [0.15, 0.2) is 16.5 Å². The Bertz CT molecular complexity index is 748. The Balaban J connectivity index is 1.29. The fourth-order valence-electron chi connectivity index (χ4n) is 3.55. The van der Waals surface area contributed by atoms with Crippen molar-refractivity contribution in [2.45, 2.75) is 64.5 Å². The van der Waals surface area contributed by atoms with Crippen molar-refractivity contribution in [2.75, 3.05) is 0 Å². The molecule has 2 aliphatic rings. The van der Waals surface area contributed by atoms with E-state index in [9.17, 15) is 4.79 Å². The molecule has 2 aromatic heterocycles. The van der Waals surface area contributed by atoms with Crippen LogP contribution in [-0.4, -0.2) is 20.7 Å². The predicted molar refractivity (Wildman–Crippen MR) is 88.5 cm³/mol. The monoisotopic (exact) mass is 328 g/mol. The number of hydrogen-bond donors (Lipinski definition) is 1. The first-order chi connectivity index (χ1) is 11.6. The average molecular weight is 328 g/mol. The summed E-state index contributed by atoms with van der Waals surface area (Å²) >= 11 is 0. The van der Waals surface area contributed by atoms with Gasteiger partial charge in [0.25, 0.3) is 0 Å². The Labute approximate surface area is 141 Å². The van der Waals surface area contributed by atoms with E-state index in [4.69, 9.17) is 4.42 Å². The lowest BCUT2D eigenvalue weighted by atomic mass is 10.2. The molecule has 1 fully saturated rings. The Morgan fingerprint density at radius 2 is 2.29 bits per heavy atom. The van der Waals surface area contributed by atoms with Gasteiger partial charge in [-0.25, -0.2) is 0 Å². The van der Waals surface area contributed by atoms with Crippen molar-refractivity contribution in [1.29, 1.82) is 0 Å². The molecule has 0 saturated heterocycles. The molecular formula is C18H24N4O2. The zero-order valence-corrected chi connectivity index (χ0v) is 14.3. The van der Waals surface area contributed by atoms with Crippen LogP contribution in [0.3, 0.4) is 0 Å². The number of amides is 1. The number of aromatic nitrogens is 3. The van der Waals surface area contributed by atoms with Gasteiger partial charge < -0.3 is 14.3 Å². The first-order valence-electron chi connectivity index (χ1n) is 8.91. The van der Waals surface area contributed by atoms with Gasteiger partial charge in [-0.05, 0) is 37.8 Å². The van der Waals surface area contributed by atoms with E-state index in [1.165, 1.54) is 6.42 Å². The quantitative estimate of drug-likeness (QED) is 0.885. The molecule has 0 bridgehead atoms. The van der Waals surface area contributed by atoms with Crippen LogP contribution < -0.4 is 5.32 Å². The Hall–Kier alpha value is -2.11. The molecule has 3 heterocycles. The summed E-state index contributed by atoms with van der Waals surface area (Å²) in [7, 11) is 0. The second kappa shape index (κ2) is 6.07. The minimum Gasteiger partial charge on any atom is -0.466 e. The number of furan rings is 1. The highest BCUT2D eigenvalue weighted by Crippen LogP contribution is 2.47. The molecular weight excluding hydrogens is 304 g/mol.